The molecule has 0 fully saturated rings. The zero-order chi connectivity index (χ0) is 11.3. The van der Waals surface area contributed by atoms with Crippen LogP contribution in [0.4, 0.5) is 0 Å². The van der Waals surface area contributed by atoms with Gasteiger partial charge in [0.25, 0.3) is 0 Å². The van der Waals surface area contributed by atoms with Crippen LogP contribution in [0.2, 0.25) is 0 Å². The number of rotatable bonds is 2. The molecule has 0 heterocycles. The molecule has 1 aromatic rings. The Bertz CT molecular complexity index is 397. The molecule has 0 spiro atoms. The van der Waals surface area contributed by atoms with Gasteiger partial charge in [0.2, 0.25) is 0 Å². The maximum Gasteiger partial charge on any atom is 0.123 e. The molecule has 2 nitrogen and oxygen atoms in total. The number of hydrogen-bond acceptors (Lipinski definition) is 2. The van der Waals surface area contributed by atoms with Crippen molar-refractivity contribution in [3.8, 4) is 17.6 Å². The summed E-state index contributed by atoms with van der Waals surface area (Å²) in [5, 5.41) is 8.62. The quantitative estimate of drug-likeness (QED) is 0.747. The van der Waals surface area contributed by atoms with Gasteiger partial charge in [-0.3, -0.25) is 0 Å². The summed E-state index contributed by atoms with van der Waals surface area (Å²) in [7, 11) is 1.66. The lowest BCUT2D eigenvalue weighted by molar-refractivity contribution is 0.305. The van der Waals surface area contributed by atoms with Crippen molar-refractivity contribution in [2.24, 2.45) is 0 Å². The van der Waals surface area contributed by atoms with Crippen LogP contribution in [0.3, 0.4) is 0 Å². The van der Waals surface area contributed by atoms with E-state index in [9.17, 15) is 0 Å². The molecule has 0 saturated heterocycles. The fourth-order valence-corrected chi connectivity index (χ4v) is 1.33. The van der Waals surface area contributed by atoms with E-state index >= 15 is 0 Å². The molecule has 15 heavy (non-hydrogen) atoms. The van der Waals surface area contributed by atoms with E-state index in [1.807, 2.05) is 26.0 Å². The minimum absolute atomic E-state index is 0.106. The average Bonchev–Trinajstić information content (AvgIpc) is 2.23. The lowest BCUT2D eigenvalue weighted by atomic mass is 10.1. The highest BCUT2D eigenvalue weighted by molar-refractivity contribution is 5.48. The molecule has 0 aliphatic carbocycles. The maximum atomic E-state index is 8.62. The van der Waals surface area contributed by atoms with Gasteiger partial charge in [0.15, 0.2) is 0 Å². The van der Waals surface area contributed by atoms with Crippen molar-refractivity contribution in [2.45, 2.75) is 20.3 Å². The second-order valence-corrected chi connectivity index (χ2v) is 3.40. The third-order valence-corrected chi connectivity index (χ3v) is 2.31. The van der Waals surface area contributed by atoms with Gasteiger partial charge in [-0.05, 0) is 37.1 Å². The summed E-state index contributed by atoms with van der Waals surface area (Å²) in [6.07, 6.45) is 0.509. The average molecular weight is 204 g/mol. The Hall–Kier alpha value is -1.46. The van der Waals surface area contributed by atoms with Crippen LogP contribution in [0.5, 0.6) is 5.75 Å². The summed E-state index contributed by atoms with van der Waals surface area (Å²) in [5.74, 6) is 6.76. The fraction of sp³-hybridized carbons (Fsp3) is 0.385. The van der Waals surface area contributed by atoms with E-state index in [4.69, 9.17) is 9.84 Å². The van der Waals surface area contributed by atoms with Crippen molar-refractivity contribution in [1.82, 2.24) is 0 Å². The number of aryl methyl sites for hydroxylation is 1. The third-order valence-electron chi connectivity index (χ3n) is 2.31. The number of aliphatic hydroxyl groups is 1. The van der Waals surface area contributed by atoms with Crippen molar-refractivity contribution < 1.29 is 9.84 Å². The fourth-order valence-electron chi connectivity index (χ4n) is 1.33. The first-order chi connectivity index (χ1) is 7.19. The molecule has 80 valence electrons. The smallest absolute Gasteiger partial charge is 0.123 e. The predicted molar refractivity (Wildman–Crippen MR) is 61.0 cm³/mol. The van der Waals surface area contributed by atoms with Gasteiger partial charge in [-0.15, -0.1) is 0 Å². The van der Waals surface area contributed by atoms with Crippen LogP contribution in [0.1, 0.15) is 23.1 Å². The first-order valence-corrected chi connectivity index (χ1v) is 4.94. The normalized spacial score (nSPS) is 9.33. The Morgan fingerprint density at radius 1 is 1.33 bits per heavy atom. The number of ether oxygens (including phenoxy) is 1. The number of hydrogen-bond donors (Lipinski definition) is 1. The van der Waals surface area contributed by atoms with Crippen molar-refractivity contribution >= 4 is 0 Å². The van der Waals surface area contributed by atoms with E-state index in [-0.39, 0.29) is 6.61 Å². The van der Waals surface area contributed by atoms with Crippen molar-refractivity contribution in [2.75, 3.05) is 13.7 Å². The van der Waals surface area contributed by atoms with Crippen LogP contribution in [0.15, 0.2) is 12.1 Å². The summed E-state index contributed by atoms with van der Waals surface area (Å²) in [5.41, 5.74) is 3.25. The molecule has 1 N–H and O–H groups in total. The molecule has 0 radical (unpaired) electrons. The molecule has 2 heteroatoms. The monoisotopic (exact) mass is 204 g/mol. The topological polar surface area (TPSA) is 29.5 Å². The molecule has 0 atom stereocenters. The van der Waals surface area contributed by atoms with E-state index < -0.39 is 0 Å². The summed E-state index contributed by atoms with van der Waals surface area (Å²) in [6, 6.07) is 3.95. The van der Waals surface area contributed by atoms with E-state index in [1.165, 1.54) is 5.56 Å². The number of benzene rings is 1. The van der Waals surface area contributed by atoms with E-state index in [1.54, 1.807) is 7.11 Å². The predicted octanol–water partition coefficient (Wildman–Crippen LogP) is 2.05. The van der Waals surface area contributed by atoms with Gasteiger partial charge >= 0.3 is 0 Å². The molecular formula is C13H16O2. The zero-order valence-corrected chi connectivity index (χ0v) is 9.42. The Kier molecular flexibility index (Phi) is 4.20. The standard InChI is InChI=1S/C13H16O2/c1-10-8-12(6-4-5-7-14)9-13(15-3)11(10)2/h8-9,14H,5,7H2,1-3H3. The molecule has 0 bridgehead atoms. The van der Waals surface area contributed by atoms with Gasteiger partial charge in [0, 0.05) is 12.0 Å². The van der Waals surface area contributed by atoms with Crippen LogP contribution < -0.4 is 4.74 Å². The van der Waals surface area contributed by atoms with Crippen molar-refractivity contribution in [3.63, 3.8) is 0 Å². The van der Waals surface area contributed by atoms with Gasteiger partial charge < -0.3 is 9.84 Å². The molecule has 0 aromatic heterocycles. The minimum Gasteiger partial charge on any atom is -0.496 e. The minimum atomic E-state index is 0.106. The molecule has 1 aromatic carbocycles. The largest absolute Gasteiger partial charge is 0.496 e. The zero-order valence-electron chi connectivity index (χ0n) is 9.42. The van der Waals surface area contributed by atoms with Gasteiger partial charge in [-0.25, -0.2) is 0 Å². The van der Waals surface area contributed by atoms with Crippen LogP contribution in [-0.4, -0.2) is 18.8 Å². The van der Waals surface area contributed by atoms with Crippen LogP contribution in [0, 0.1) is 25.7 Å². The highest BCUT2D eigenvalue weighted by Gasteiger charge is 2.02. The van der Waals surface area contributed by atoms with E-state index in [0.29, 0.717) is 6.42 Å². The number of methoxy groups -OCH3 is 1. The molecule has 0 aliphatic rings. The SMILES string of the molecule is COc1cc(C#CCCO)cc(C)c1C. The summed E-state index contributed by atoms with van der Waals surface area (Å²) < 4.78 is 5.26. The Balaban J connectivity index is 3.02. The Morgan fingerprint density at radius 2 is 2.07 bits per heavy atom. The van der Waals surface area contributed by atoms with Crippen LogP contribution in [0.25, 0.3) is 0 Å². The van der Waals surface area contributed by atoms with Crippen LogP contribution >= 0.6 is 0 Å². The summed E-state index contributed by atoms with van der Waals surface area (Å²) in [6.45, 7) is 4.17. The Morgan fingerprint density at radius 3 is 2.67 bits per heavy atom. The van der Waals surface area contributed by atoms with E-state index in [2.05, 4.69) is 11.8 Å². The van der Waals surface area contributed by atoms with Crippen LogP contribution in [-0.2, 0) is 0 Å². The number of aliphatic hydroxyl groups excluding tert-OH is 1. The molecule has 0 aliphatic heterocycles. The third kappa shape index (κ3) is 3.00. The highest BCUT2D eigenvalue weighted by Crippen LogP contribution is 2.22. The molecule has 1 rings (SSSR count). The second-order valence-electron chi connectivity index (χ2n) is 3.40. The first-order valence-electron chi connectivity index (χ1n) is 4.94. The lowest BCUT2D eigenvalue weighted by Gasteiger charge is -2.07. The molecule has 0 saturated carbocycles. The molecular weight excluding hydrogens is 188 g/mol. The van der Waals surface area contributed by atoms with Gasteiger partial charge in [0.1, 0.15) is 5.75 Å². The Labute approximate surface area is 90.9 Å². The van der Waals surface area contributed by atoms with E-state index in [0.717, 1.165) is 16.9 Å². The van der Waals surface area contributed by atoms with Gasteiger partial charge in [-0.1, -0.05) is 11.8 Å². The second kappa shape index (κ2) is 5.43. The summed E-state index contributed by atoms with van der Waals surface area (Å²) in [4.78, 5) is 0. The summed E-state index contributed by atoms with van der Waals surface area (Å²) >= 11 is 0. The maximum absolute atomic E-state index is 8.62. The van der Waals surface area contributed by atoms with Crippen molar-refractivity contribution in [3.05, 3.63) is 28.8 Å². The highest BCUT2D eigenvalue weighted by atomic mass is 16.5. The molecule has 0 unspecified atom stereocenters. The van der Waals surface area contributed by atoms with Crippen molar-refractivity contribution in [1.29, 1.82) is 0 Å². The lowest BCUT2D eigenvalue weighted by Crippen LogP contribution is -1.91. The van der Waals surface area contributed by atoms with Gasteiger partial charge in [-0.2, -0.15) is 0 Å². The molecule has 0 amide bonds. The first kappa shape index (κ1) is 11.6. The van der Waals surface area contributed by atoms with Gasteiger partial charge in [0.05, 0.1) is 13.7 Å².